The molecule has 3 rings (SSSR count). The quantitative estimate of drug-likeness (QED) is 0.698. The third-order valence-corrected chi connectivity index (χ3v) is 7.58. The minimum atomic E-state index is -3.59. The molecule has 1 aliphatic rings. The predicted octanol–water partition coefficient (Wildman–Crippen LogP) is 3.92. The molecule has 156 valence electrons. The molecule has 0 aromatic heterocycles. The fourth-order valence-electron chi connectivity index (χ4n) is 3.80. The summed E-state index contributed by atoms with van der Waals surface area (Å²) in [5.74, 6) is -0.223. The molecule has 1 unspecified atom stereocenters. The molecule has 1 aliphatic heterocycles. The van der Waals surface area contributed by atoms with E-state index in [1.54, 1.807) is 16.4 Å². The smallest absolute Gasteiger partial charge is 0.251 e. The van der Waals surface area contributed by atoms with Crippen LogP contribution < -0.4 is 5.32 Å². The van der Waals surface area contributed by atoms with Gasteiger partial charge in [-0.1, -0.05) is 42.8 Å². The predicted molar refractivity (Wildman–Crippen MR) is 115 cm³/mol. The molecule has 0 spiro atoms. The highest BCUT2D eigenvalue weighted by Gasteiger charge is 2.31. The van der Waals surface area contributed by atoms with Crippen LogP contribution in [0.1, 0.15) is 54.1 Å². The summed E-state index contributed by atoms with van der Waals surface area (Å²) in [5.41, 5.74) is 2.44. The number of nitrogens with one attached hydrogen (secondary N) is 1. The number of sulfonamides is 1. The molecular weight excluding hydrogens is 384 g/mol. The van der Waals surface area contributed by atoms with E-state index in [9.17, 15) is 13.2 Å². The molecule has 2 aromatic carbocycles. The Balaban J connectivity index is 1.67. The van der Waals surface area contributed by atoms with Gasteiger partial charge in [0.25, 0.3) is 5.91 Å². The second kappa shape index (κ2) is 9.55. The Kier molecular flexibility index (Phi) is 7.09. The summed E-state index contributed by atoms with van der Waals surface area (Å²) in [7, 11) is -3.59. The van der Waals surface area contributed by atoms with E-state index in [1.807, 2.05) is 32.0 Å². The minimum absolute atomic E-state index is 0.00897. The first-order valence-electron chi connectivity index (χ1n) is 10.3. The summed E-state index contributed by atoms with van der Waals surface area (Å²) in [6, 6.07) is 15.0. The van der Waals surface area contributed by atoms with Crippen LogP contribution in [-0.2, 0) is 16.4 Å². The summed E-state index contributed by atoms with van der Waals surface area (Å²) >= 11 is 0. The number of amides is 1. The van der Waals surface area contributed by atoms with Crippen molar-refractivity contribution in [2.45, 2.75) is 56.9 Å². The molecule has 1 heterocycles. The Hall–Kier alpha value is -2.18. The van der Waals surface area contributed by atoms with Crippen LogP contribution in [0.4, 0.5) is 0 Å². The fraction of sp³-hybridized carbons (Fsp3) is 0.435. The average molecular weight is 415 g/mol. The third-order valence-electron chi connectivity index (χ3n) is 5.57. The molecular formula is C23H30N2O3S. The average Bonchev–Trinajstić information content (AvgIpc) is 2.72. The lowest BCUT2D eigenvalue weighted by molar-refractivity contribution is 0.0952. The number of aryl methyl sites for hydroxylation is 2. The van der Waals surface area contributed by atoms with Gasteiger partial charge in [0.15, 0.2) is 0 Å². The monoisotopic (exact) mass is 414 g/mol. The lowest BCUT2D eigenvalue weighted by Gasteiger charge is -2.32. The zero-order valence-electron chi connectivity index (χ0n) is 17.2. The van der Waals surface area contributed by atoms with Crippen molar-refractivity contribution >= 4 is 15.9 Å². The number of carbonyl (C=O) groups excluding carboxylic acids is 1. The number of rotatable bonds is 7. The molecule has 2 aromatic rings. The van der Waals surface area contributed by atoms with Gasteiger partial charge in [0.1, 0.15) is 0 Å². The van der Waals surface area contributed by atoms with Crippen LogP contribution in [0.5, 0.6) is 0 Å². The Morgan fingerprint density at radius 1 is 1.14 bits per heavy atom. The van der Waals surface area contributed by atoms with E-state index < -0.39 is 10.0 Å². The van der Waals surface area contributed by atoms with Gasteiger partial charge >= 0.3 is 0 Å². The molecule has 0 bridgehead atoms. The molecule has 1 atom stereocenters. The van der Waals surface area contributed by atoms with Crippen molar-refractivity contribution in [1.82, 2.24) is 9.62 Å². The number of benzene rings is 2. The second-order valence-electron chi connectivity index (χ2n) is 7.78. The number of carbonyl (C=O) groups is 1. The maximum atomic E-state index is 13.1. The van der Waals surface area contributed by atoms with Gasteiger partial charge in [-0.05, 0) is 62.8 Å². The van der Waals surface area contributed by atoms with Crippen LogP contribution in [-0.4, -0.2) is 37.8 Å². The van der Waals surface area contributed by atoms with Gasteiger partial charge in [-0.3, -0.25) is 4.79 Å². The third kappa shape index (κ3) is 5.25. The normalized spacial score (nSPS) is 17.8. The van der Waals surface area contributed by atoms with Crippen molar-refractivity contribution in [3.05, 3.63) is 65.2 Å². The maximum absolute atomic E-state index is 13.1. The van der Waals surface area contributed by atoms with E-state index in [0.29, 0.717) is 18.7 Å². The van der Waals surface area contributed by atoms with Gasteiger partial charge in [-0.2, -0.15) is 4.31 Å². The van der Waals surface area contributed by atoms with Crippen molar-refractivity contribution in [3.63, 3.8) is 0 Å². The van der Waals surface area contributed by atoms with E-state index >= 15 is 0 Å². The number of nitrogens with zero attached hydrogens (tertiary/aromatic N) is 1. The van der Waals surface area contributed by atoms with Crippen LogP contribution in [0.15, 0.2) is 53.4 Å². The van der Waals surface area contributed by atoms with Crippen molar-refractivity contribution in [2.24, 2.45) is 0 Å². The lowest BCUT2D eigenvalue weighted by Crippen LogP contribution is -2.42. The van der Waals surface area contributed by atoms with Gasteiger partial charge in [-0.15, -0.1) is 0 Å². The van der Waals surface area contributed by atoms with Gasteiger partial charge in [0, 0.05) is 24.7 Å². The highest BCUT2D eigenvalue weighted by molar-refractivity contribution is 7.89. The number of hydrogen-bond acceptors (Lipinski definition) is 3. The standard InChI is InChI=1S/C23H30N2O3S/c1-18-13-14-21(29(27,28)25-16-7-6-9-19(25)2)17-22(18)23(26)24-15-8-12-20-10-4-3-5-11-20/h3-5,10-11,13-14,17,19H,6-9,12,15-16H2,1-2H3,(H,24,26). The van der Waals surface area contributed by atoms with Crippen LogP contribution in [0.2, 0.25) is 0 Å². The van der Waals surface area contributed by atoms with Crippen LogP contribution in [0, 0.1) is 6.92 Å². The molecule has 1 saturated heterocycles. The van der Waals surface area contributed by atoms with Crippen LogP contribution >= 0.6 is 0 Å². The summed E-state index contributed by atoms with van der Waals surface area (Å²) in [6.45, 7) is 4.87. The molecule has 0 aliphatic carbocycles. The summed E-state index contributed by atoms with van der Waals surface area (Å²) in [5, 5.41) is 2.93. The Bertz CT molecular complexity index is 942. The van der Waals surface area contributed by atoms with Crippen LogP contribution in [0.3, 0.4) is 0 Å². The summed E-state index contributed by atoms with van der Waals surface area (Å²) in [6.07, 6.45) is 4.53. The summed E-state index contributed by atoms with van der Waals surface area (Å²) < 4.78 is 27.8. The first-order chi connectivity index (χ1) is 13.9. The largest absolute Gasteiger partial charge is 0.352 e. The SMILES string of the molecule is Cc1ccc(S(=O)(=O)N2CCCCC2C)cc1C(=O)NCCCc1ccccc1. The summed E-state index contributed by atoms with van der Waals surface area (Å²) in [4.78, 5) is 12.9. The lowest BCUT2D eigenvalue weighted by atomic mass is 10.1. The molecule has 6 heteroatoms. The van der Waals surface area contributed by atoms with E-state index in [1.165, 1.54) is 11.6 Å². The van der Waals surface area contributed by atoms with Gasteiger partial charge in [-0.25, -0.2) is 8.42 Å². The first kappa shape index (κ1) is 21.5. The van der Waals surface area contributed by atoms with E-state index in [2.05, 4.69) is 17.4 Å². The second-order valence-corrected chi connectivity index (χ2v) is 9.67. The molecule has 5 nitrogen and oxygen atoms in total. The zero-order chi connectivity index (χ0) is 20.9. The molecule has 1 N–H and O–H groups in total. The van der Waals surface area contributed by atoms with E-state index in [0.717, 1.165) is 37.7 Å². The van der Waals surface area contributed by atoms with Crippen LogP contribution in [0.25, 0.3) is 0 Å². The fourth-order valence-corrected chi connectivity index (χ4v) is 5.53. The maximum Gasteiger partial charge on any atom is 0.251 e. The molecule has 1 fully saturated rings. The molecule has 29 heavy (non-hydrogen) atoms. The van der Waals surface area contributed by atoms with Gasteiger partial charge in [0.05, 0.1) is 4.90 Å². The van der Waals surface area contributed by atoms with Crippen molar-refractivity contribution < 1.29 is 13.2 Å². The van der Waals surface area contributed by atoms with Crippen molar-refractivity contribution in [2.75, 3.05) is 13.1 Å². The number of hydrogen-bond donors (Lipinski definition) is 1. The van der Waals surface area contributed by atoms with Gasteiger partial charge in [0.2, 0.25) is 10.0 Å². The minimum Gasteiger partial charge on any atom is -0.352 e. The zero-order valence-corrected chi connectivity index (χ0v) is 18.0. The number of piperidine rings is 1. The molecule has 1 amide bonds. The van der Waals surface area contributed by atoms with E-state index in [4.69, 9.17) is 0 Å². The topological polar surface area (TPSA) is 66.5 Å². The Labute approximate surface area is 174 Å². The Morgan fingerprint density at radius 3 is 2.62 bits per heavy atom. The van der Waals surface area contributed by atoms with Crippen molar-refractivity contribution in [3.8, 4) is 0 Å². The molecule has 0 saturated carbocycles. The highest BCUT2D eigenvalue weighted by atomic mass is 32.2. The molecule has 0 radical (unpaired) electrons. The van der Waals surface area contributed by atoms with Gasteiger partial charge < -0.3 is 5.32 Å². The van der Waals surface area contributed by atoms with Crippen molar-refractivity contribution in [1.29, 1.82) is 0 Å². The Morgan fingerprint density at radius 2 is 1.90 bits per heavy atom. The first-order valence-corrected chi connectivity index (χ1v) is 11.8. The highest BCUT2D eigenvalue weighted by Crippen LogP contribution is 2.26. The van der Waals surface area contributed by atoms with E-state index in [-0.39, 0.29) is 16.8 Å².